The van der Waals surface area contributed by atoms with Crippen molar-refractivity contribution < 1.29 is 5.11 Å². The van der Waals surface area contributed by atoms with Gasteiger partial charge in [0.15, 0.2) is 11.5 Å². The third-order valence-electron chi connectivity index (χ3n) is 3.95. The minimum Gasteiger partial charge on any atom is -0.392 e. The number of halogens is 1. The number of nitrogen functional groups attached to an aromatic ring is 1. The van der Waals surface area contributed by atoms with E-state index in [1.165, 1.54) is 0 Å². The number of aliphatic hydroxyl groups is 1. The van der Waals surface area contributed by atoms with Gasteiger partial charge in [-0.1, -0.05) is 41.4 Å². The van der Waals surface area contributed by atoms with Crippen molar-refractivity contribution in [3.8, 4) is 0 Å². The van der Waals surface area contributed by atoms with E-state index in [9.17, 15) is 5.11 Å². The number of fused-ring (bicyclic) bond motifs is 1. The van der Waals surface area contributed by atoms with Crippen molar-refractivity contribution in [2.75, 3.05) is 17.6 Å². The van der Waals surface area contributed by atoms with Gasteiger partial charge in [0.05, 0.1) is 19.5 Å². The van der Waals surface area contributed by atoms with Gasteiger partial charge in [0.1, 0.15) is 5.52 Å². The first-order chi connectivity index (χ1) is 12.1. The van der Waals surface area contributed by atoms with Crippen molar-refractivity contribution in [1.82, 2.24) is 19.5 Å². The highest BCUT2D eigenvalue weighted by atomic mass is 79.9. The number of anilines is 2. The summed E-state index contributed by atoms with van der Waals surface area (Å²) in [5, 5.41) is 12.6. The van der Waals surface area contributed by atoms with Crippen molar-refractivity contribution >= 4 is 38.9 Å². The van der Waals surface area contributed by atoms with Crippen LogP contribution in [0.4, 0.5) is 11.8 Å². The van der Waals surface area contributed by atoms with Crippen LogP contribution in [0.1, 0.15) is 30.9 Å². The Morgan fingerprint density at radius 1 is 1.32 bits per heavy atom. The number of aromatic nitrogens is 4. The Balaban J connectivity index is 1.96. The zero-order chi connectivity index (χ0) is 17.8. The van der Waals surface area contributed by atoms with E-state index in [4.69, 9.17) is 5.73 Å². The largest absolute Gasteiger partial charge is 0.392 e. The van der Waals surface area contributed by atoms with Crippen molar-refractivity contribution in [2.24, 2.45) is 0 Å². The standard InChI is InChI=1S/C17H21BrN6O/c1-2-3-6-20-15-14-16(23-17(19)22-15)21-10-24(14)8-12-5-4-11(9-25)7-13(12)18/h4-5,7,10,25H,2-3,6,8-9H2,1H3,(H3,19,20,22,23). The summed E-state index contributed by atoms with van der Waals surface area (Å²) in [6.45, 7) is 3.59. The molecule has 0 unspecified atom stereocenters. The Hall–Kier alpha value is -2.19. The van der Waals surface area contributed by atoms with E-state index in [0.29, 0.717) is 18.0 Å². The fourth-order valence-corrected chi connectivity index (χ4v) is 3.18. The highest BCUT2D eigenvalue weighted by molar-refractivity contribution is 9.10. The van der Waals surface area contributed by atoms with Crippen LogP contribution in [0.3, 0.4) is 0 Å². The molecule has 25 heavy (non-hydrogen) atoms. The maximum Gasteiger partial charge on any atom is 0.224 e. The molecule has 0 fully saturated rings. The Labute approximate surface area is 154 Å². The zero-order valence-electron chi connectivity index (χ0n) is 14.0. The van der Waals surface area contributed by atoms with Crippen LogP contribution in [-0.4, -0.2) is 31.2 Å². The minimum absolute atomic E-state index is 0.0193. The van der Waals surface area contributed by atoms with Crippen molar-refractivity contribution in [3.63, 3.8) is 0 Å². The molecule has 0 saturated heterocycles. The Morgan fingerprint density at radius 3 is 2.88 bits per heavy atom. The smallest absolute Gasteiger partial charge is 0.224 e. The van der Waals surface area contributed by atoms with Gasteiger partial charge in [0.2, 0.25) is 5.95 Å². The number of aliphatic hydroxyl groups excluding tert-OH is 1. The van der Waals surface area contributed by atoms with Gasteiger partial charge in [-0.25, -0.2) is 4.98 Å². The molecule has 0 bridgehead atoms. The van der Waals surface area contributed by atoms with Gasteiger partial charge >= 0.3 is 0 Å². The molecule has 132 valence electrons. The third kappa shape index (κ3) is 3.91. The van der Waals surface area contributed by atoms with Crippen LogP contribution >= 0.6 is 15.9 Å². The fraction of sp³-hybridized carbons (Fsp3) is 0.353. The van der Waals surface area contributed by atoms with Crippen LogP contribution in [0.2, 0.25) is 0 Å². The molecule has 3 aromatic rings. The molecule has 3 rings (SSSR count). The first kappa shape index (κ1) is 17.6. The van der Waals surface area contributed by atoms with Crippen LogP contribution in [0.15, 0.2) is 29.0 Å². The number of nitrogens with one attached hydrogen (secondary N) is 1. The van der Waals surface area contributed by atoms with E-state index in [2.05, 4.69) is 43.1 Å². The summed E-state index contributed by atoms with van der Waals surface area (Å²) in [5.74, 6) is 0.918. The van der Waals surface area contributed by atoms with Gasteiger partial charge in [-0.2, -0.15) is 9.97 Å². The number of hydrogen-bond donors (Lipinski definition) is 3. The lowest BCUT2D eigenvalue weighted by molar-refractivity contribution is 0.281. The van der Waals surface area contributed by atoms with E-state index in [0.717, 1.165) is 40.5 Å². The number of rotatable bonds is 7. The van der Waals surface area contributed by atoms with Crippen molar-refractivity contribution in [1.29, 1.82) is 0 Å². The molecule has 4 N–H and O–H groups in total. The van der Waals surface area contributed by atoms with Crippen molar-refractivity contribution in [2.45, 2.75) is 32.9 Å². The summed E-state index contributed by atoms with van der Waals surface area (Å²) < 4.78 is 2.94. The van der Waals surface area contributed by atoms with E-state index in [1.54, 1.807) is 6.33 Å². The quantitative estimate of drug-likeness (QED) is 0.523. The minimum atomic E-state index is 0.0193. The molecule has 8 heteroatoms. The molecule has 0 saturated carbocycles. The normalized spacial score (nSPS) is 11.2. The average Bonchev–Trinajstić information content (AvgIpc) is 2.99. The molecular formula is C17H21BrN6O. The number of imidazole rings is 1. The maximum absolute atomic E-state index is 9.24. The highest BCUT2D eigenvalue weighted by Crippen LogP contribution is 2.25. The third-order valence-corrected chi connectivity index (χ3v) is 4.69. The highest BCUT2D eigenvalue weighted by Gasteiger charge is 2.13. The van der Waals surface area contributed by atoms with Crippen LogP contribution in [0.25, 0.3) is 11.2 Å². The van der Waals surface area contributed by atoms with Gasteiger partial charge in [-0.3, -0.25) is 0 Å². The topological polar surface area (TPSA) is 102 Å². The summed E-state index contributed by atoms with van der Waals surface area (Å²) in [6, 6.07) is 5.82. The fourth-order valence-electron chi connectivity index (χ4n) is 2.62. The van der Waals surface area contributed by atoms with Crippen LogP contribution in [-0.2, 0) is 13.2 Å². The molecular weight excluding hydrogens is 384 g/mol. The van der Waals surface area contributed by atoms with E-state index < -0.39 is 0 Å². The molecule has 0 spiro atoms. The molecule has 0 atom stereocenters. The lowest BCUT2D eigenvalue weighted by atomic mass is 10.1. The van der Waals surface area contributed by atoms with Crippen LogP contribution in [0, 0.1) is 0 Å². The van der Waals surface area contributed by atoms with Gasteiger partial charge in [0, 0.05) is 11.0 Å². The SMILES string of the molecule is CCCCNc1nc(N)nc2ncn(Cc3ccc(CO)cc3Br)c12. The molecule has 0 aliphatic heterocycles. The second-order valence-electron chi connectivity index (χ2n) is 5.84. The lowest BCUT2D eigenvalue weighted by Crippen LogP contribution is -2.09. The number of nitrogens with two attached hydrogens (primary N) is 1. The van der Waals surface area contributed by atoms with Crippen LogP contribution in [0.5, 0.6) is 0 Å². The van der Waals surface area contributed by atoms with E-state index in [-0.39, 0.29) is 12.6 Å². The van der Waals surface area contributed by atoms with Gasteiger partial charge in [0.25, 0.3) is 0 Å². The van der Waals surface area contributed by atoms with Gasteiger partial charge in [-0.05, 0) is 23.6 Å². The summed E-state index contributed by atoms with van der Waals surface area (Å²) in [6.07, 6.45) is 3.89. The van der Waals surface area contributed by atoms with E-state index in [1.807, 2.05) is 22.8 Å². The summed E-state index contributed by atoms with van der Waals surface area (Å²) in [4.78, 5) is 12.9. The zero-order valence-corrected chi connectivity index (χ0v) is 15.6. The molecule has 7 nitrogen and oxygen atoms in total. The number of nitrogens with zero attached hydrogens (tertiary/aromatic N) is 4. The van der Waals surface area contributed by atoms with E-state index >= 15 is 0 Å². The van der Waals surface area contributed by atoms with Crippen molar-refractivity contribution in [3.05, 3.63) is 40.1 Å². The molecule has 1 aromatic carbocycles. The summed E-state index contributed by atoms with van der Waals surface area (Å²) >= 11 is 3.57. The monoisotopic (exact) mass is 404 g/mol. The van der Waals surface area contributed by atoms with Gasteiger partial charge < -0.3 is 20.7 Å². The van der Waals surface area contributed by atoms with Crippen LogP contribution < -0.4 is 11.1 Å². The Kier molecular flexibility index (Phi) is 5.50. The Bertz CT molecular complexity index is 879. The molecule has 0 amide bonds. The summed E-state index contributed by atoms with van der Waals surface area (Å²) in [7, 11) is 0. The molecule has 0 radical (unpaired) electrons. The number of hydrogen-bond acceptors (Lipinski definition) is 6. The number of benzene rings is 1. The summed E-state index contributed by atoms with van der Waals surface area (Å²) in [5.41, 5.74) is 9.16. The average molecular weight is 405 g/mol. The predicted octanol–water partition coefficient (Wildman–Crippen LogP) is 2.92. The molecule has 2 aromatic heterocycles. The number of unbranched alkanes of at least 4 members (excludes halogenated alkanes) is 1. The molecule has 2 heterocycles. The van der Waals surface area contributed by atoms with Gasteiger partial charge in [-0.15, -0.1) is 0 Å². The second kappa shape index (κ2) is 7.79. The maximum atomic E-state index is 9.24. The predicted molar refractivity (Wildman–Crippen MR) is 102 cm³/mol. The Morgan fingerprint density at radius 2 is 2.16 bits per heavy atom. The first-order valence-corrected chi connectivity index (χ1v) is 9.02. The molecule has 0 aliphatic carbocycles. The second-order valence-corrected chi connectivity index (χ2v) is 6.69. The molecule has 0 aliphatic rings. The first-order valence-electron chi connectivity index (χ1n) is 8.22. The lowest BCUT2D eigenvalue weighted by Gasteiger charge is -2.11.